The molecule has 0 bridgehead atoms. The highest BCUT2D eigenvalue weighted by Crippen LogP contribution is 2.20. The van der Waals surface area contributed by atoms with Gasteiger partial charge in [-0.15, -0.1) is 0 Å². The van der Waals surface area contributed by atoms with Gasteiger partial charge in [0, 0.05) is 5.56 Å². The number of rotatable bonds is 3. The number of carbonyl (C=O) groups excluding carboxylic acids is 1. The molecule has 20 heavy (non-hydrogen) atoms. The molecule has 5 N–H and O–H groups in total. The van der Waals surface area contributed by atoms with Crippen molar-refractivity contribution < 1.29 is 14.3 Å². The van der Waals surface area contributed by atoms with Gasteiger partial charge < -0.3 is 16.2 Å². The van der Waals surface area contributed by atoms with Gasteiger partial charge in [-0.3, -0.25) is 10.2 Å². The van der Waals surface area contributed by atoms with Crippen molar-refractivity contribution in [1.29, 1.82) is 5.41 Å². The summed E-state index contributed by atoms with van der Waals surface area (Å²) in [6.45, 7) is 0. The average Bonchev–Trinajstić information content (AvgIpc) is 2.41. The number of benzene rings is 2. The molecule has 102 valence electrons. The molecule has 1 amide bonds. The first-order valence-electron chi connectivity index (χ1n) is 5.72. The molecular weight excluding hydrogens is 261 g/mol. The highest BCUT2D eigenvalue weighted by molar-refractivity contribution is 6.06. The van der Waals surface area contributed by atoms with Crippen LogP contribution in [0.25, 0.3) is 0 Å². The van der Waals surface area contributed by atoms with Crippen molar-refractivity contribution in [3.8, 4) is 5.75 Å². The Bertz CT molecular complexity index is 686. The third-order valence-corrected chi connectivity index (χ3v) is 2.68. The van der Waals surface area contributed by atoms with E-state index in [9.17, 15) is 14.3 Å². The van der Waals surface area contributed by atoms with Crippen molar-refractivity contribution in [2.45, 2.75) is 0 Å². The topological polar surface area (TPSA) is 99.2 Å². The predicted octanol–water partition coefficient (Wildman–Crippen LogP) is 2.07. The lowest BCUT2D eigenvalue weighted by atomic mass is 10.1. The largest absolute Gasteiger partial charge is 0.507 e. The molecule has 0 aliphatic carbocycles. The Morgan fingerprint density at radius 1 is 1.25 bits per heavy atom. The number of halogens is 1. The van der Waals surface area contributed by atoms with E-state index in [0.29, 0.717) is 0 Å². The summed E-state index contributed by atoms with van der Waals surface area (Å²) in [6, 6.07) is 9.74. The lowest BCUT2D eigenvalue weighted by Crippen LogP contribution is -2.15. The van der Waals surface area contributed by atoms with Crippen LogP contribution in [-0.4, -0.2) is 16.8 Å². The van der Waals surface area contributed by atoms with Crippen molar-refractivity contribution in [2.24, 2.45) is 5.73 Å². The van der Waals surface area contributed by atoms with Crippen molar-refractivity contribution in [1.82, 2.24) is 0 Å². The SMILES string of the molecule is N=C(N)c1ccc(NC(=O)c2ccccc2O)c(F)c1. The maximum absolute atomic E-state index is 13.8. The van der Waals surface area contributed by atoms with E-state index < -0.39 is 11.7 Å². The van der Waals surface area contributed by atoms with Gasteiger partial charge in [0.15, 0.2) is 0 Å². The minimum Gasteiger partial charge on any atom is -0.507 e. The number of nitrogens with one attached hydrogen (secondary N) is 2. The lowest BCUT2D eigenvalue weighted by molar-refractivity contribution is 0.102. The van der Waals surface area contributed by atoms with Gasteiger partial charge in [-0.25, -0.2) is 4.39 Å². The van der Waals surface area contributed by atoms with Crippen molar-refractivity contribution in [3.63, 3.8) is 0 Å². The fourth-order valence-corrected chi connectivity index (χ4v) is 1.64. The van der Waals surface area contributed by atoms with Gasteiger partial charge in [-0.2, -0.15) is 0 Å². The smallest absolute Gasteiger partial charge is 0.259 e. The van der Waals surface area contributed by atoms with Crippen molar-refractivity contribution in [3.05, 3.63) is 59.4 Å². The quantitative estimate of drug-likeness (QED) is 0.509. The first kappa shape index (κ1) is 13.5. The highest BCUT2D eigenvalue weighted by atomic mass is 19.1. The van der Waals surface area contributed by atoms with Gasteiger partial charge in [0.05, 0.1) is 11.3 Å². The molecule has 0 radical (unpaired) electrons. The Hall–Kier alpha value is -2.89. The molecule has 0 spiro atoms. The Balaban J connectivity index is 2.25. The molecule has 0 atom stereocenters. The molecule has 2 aromatic carbocycles. The highest BCUT2D eigenvalue weighted by Gasteiger charge is 2.13. The van der Waals surface area contributed by atoms with E-state index in [0.717, 1.165) is 6.07 Å². The van der Waals surface area contributed by atoms with Crippen LogP contribution >= 0.6 is 0 Å². The number of amides is 1. The second kappa shape index (κ2) is 5.40. The van der Waals surface area contributed by atoms with Crippen LogP contribution < -0.4 is 11.1 Å². The summed E-state index contributed by atoms with van der Waals surface area (Å²) in [5.74, 6) is -1.78. The van der Waals surface area contributed by atoms with Crippen LogP contribution in [0.15, 0.2) is 42.5 Å². The minimum atomic E-state index is -0.707. The molecule has 0 aromatic heterocycles. The van der Waals surface area contributed by atoms with Crippen LogP contribution in [0.3, 0.4) is 0 Å². The molecular formula is C14H12FN3O2. The van der Waals surface area contributed by atoms with Crippen LogP contribution in [0.4, 0.5) is 10.1 Å². The molecule has 5 nitrogen and oxygen atoms in total. The fourth-order valence-electron chi connectivity index (χ4n) is 1.64. The van der Waals surface area contributed by atoms with Gasteiger partial charge in [-0.05, 0) is 30.3 Å². The zero-order valence-electron chi connectivity index (χ0n) is 10.4. The number of para-hydroxylation sites is 1. The summed E-state index contributed by atoms with van der Waals surface area (Å²) < 4.78 is 13.8. The van der Waals surface area contributed by atoms with Crippen LogP contribution in [-0.2, 0) is 0 Å². The molecule has 0 aliphatic rings. The van der Waals surface area contributed by atoms with E-state index in [4.69, 9.17) is 11.1 Å². The van der Waals surface area contributed by atoms with Gasteiger partial charge in [0.25, 0.3) is 5.91 Å². The number of aromatic hydroxyl groups is 1. The first-order chi connectivity index (χ1) is 9.49. The molecule has 6 heteroatoms. The van der Waals surface area contributed by atoms with Crippen molar-refractivity contribution >= 4 is 17.4 Å². The van der Waals surface area contributed by atoms with Crippen LogP contribution in [0, 0.1) is 11.2 Å². The van der Waals surface area contributed by atoms with E-state index in [1.807, 2.05) is 0 Å². The number of hydrogen-bond donors (Lipinski definition) is 4. The zero-order valence-corrected chi connectivity index (χ0v) is 10.4. The Morgan fingerprint density at radius 3 is 2.55 bits per heavy atom. The lowest BCUT2D eigenvalue weighted by Gasteiger charge is -2.08. The molecule has 2 aromatic rings. The number of phenolic OH excluding ortho intramolecular Hbond substituents is 1. The summed E-state index contributed by atoms with van der Waals surface area (Å²) in [6.07, 6.45) is 0. The molecule has 2 rings (SSSR count). The van der Waals surface area contributed by atoms with Crippen molar-refractivity contribution in [2.75, 3.05) is 5.32 Å². The maximum atomic E-state index is 13.8. The Labute approximate surface area is 114 Å². The normalized spacial score (nSPS) is 10.1. The summed E-state index contributed by atoms with van der Waals surface area (Å²) in [5, 5.41) is 19.1. The number of nitrogen functional groups attached to an aromatic ring is 1. The van der Waals surface area contributed by atoms with E-state index >= 15 is 0 Å². The van der Waals surface area contributed by atoms with Gasteiger partial charge in [0.1, 0.15) is 17.4 Å². The van der Waals surface area contributed by atoms with Gasteiger partial charge in [-0.1, -0.05) is 12.1 Å². The summed E-state index contributed by atoms with van der Waals surface area (Å²) >= 11 is 0. The number of anilines is 1. The summed E-state index contributed by atoms with van der Waals surface area (Å²) in [4.78, 5) is 11.9. The Morgan fingerprint density at radius 2 is 1.95 bits per heavy atom. The number of amidine groups is 1. The van der Waals surface area contributed by atoms with Crippen LogP contribution in [0.2, 0.25) is 0 Å². The van der Waals surface area contributed by atoms with Gasteiger partial charge in [0.2, 0.25) is 0 Å². The molecule has 0 aliphatic heterocycles. The third-order valence-electron chi connectivity index (χ3n) is 2.68. The standard InChI is InChI=1S/C14H12FN3O2/c15-10-7-8(13(16)17)5-6-11(10)18-14(20)9-3-1-2-4-12(9)19/h1-7,19H,(H3,16,17)(H,18,20). The maximum Gasteiger partial charge on any atom is 0.259 e. The second-order valence-corrected chi connectivity index (χ2v) is 4.08. The average molecular weight is 273 g/mol. The number of phenols is 1. The van der Waals surface area contributed by atoms with E-state index in [1.54, 1.807) is 12.1 Å². The number of carbonyl (C=O) groups is 1. The van der Waals surface area contributed by atoms with Crippen LogP contribution in [0.1, 0.15) is 15.9 Å². The molecule has 0 saturated heterocycles. The van der Waals surface area contributed by atoms with Crippen LogP contribution in [0.5, 0.6) is 5.75 Å². The number of nitrogens with two attached hydrogens (primary N) is 1. The summed E-state index contributed by atoms with van der Waals surface area (Å²) in [7, 11) is 0. The second-order valence-electron chi connectivity index (χ2n) is 4.08. The number of hydrogen-bond acceptors (Lipinski definition) is 3. The third kappa shape index (κ3) is 2.74. The monoisotopic (exact) mass is 273 g/mol. The van der Waals surface area contributed by atoms with E-state index in [1.165, 1.54) is 24.3 Å². The fraction of sp³-hybridized carbons (Fsp3) is 0. The molecule has 0 heterocycles. The predicted molar refractivity (Wildman–Crippen MR) is 73.5 cm³/mol. The molecule has 0 saturated carbocycles. The summed E-state index contributed by atoms with van der Waals surface area (Å²) in [5.41, 5.74) is 5.46. The Kier molecular flexibility index (Phi) is 3.65. The molecule has 0 fully saturated rings. The van der Waals surface area contributed by atoms with E-state index in [2.05, 4.69) is 5.32 Å². The van der Waals surface area contributed by atoms with Gasteiger partial charge >= 0.3 is 0 Å². The minimum absolute atomic E-state index is 0.0440. The zero-order chi connectivity index (χ0) is 14.7. The first-order valence-corrected chi connectivity index (χ1v) is 5.72. The molecule has 0 unspecified atom stereocenters. The van der Waals surface area contributed by atoms with E-state index in [-0.39, 0.29) is 28.4 Å².